The topological polar surface area (TPSA) is 63.0 Å². The van der Waals surface area contributed by atoms with Crippen molar-refractivity contribution in [2.75, 3.05) is 0 Å². The maximum atomic E-state index is 11.6. The van der Waals surface area contributed by atoms with Gasteiger partial charge in [-0.2, -0.15) is 5.26 Å². The highest BCUT2D eigenvalue weighted by atomic mass is 16.5. The molecule has 4 nitrogen and oxygen atoms in total. The third-order valence-electron chi connectivity index (χ3n) is 2.35. The van der Waals surface area contributed by atoms with Crippen molar-refractivity contribution >= 4 is 5.97 Å². The molecule has 0 spiro atoms. The van der Waals surface area contributed by atoms with Crippen molar-refractivity contribution < 1.29 is 9.53 Å². The van der Waals surface area contributed by atoms with E-state index in [0.29, 0.717) is 11.1 Å². The highest BCUT2D eigenvalue weighted by Crippen LogP contribution is 2.07. The van der Waals surface area contributed by atoms with Crippen LogP contribution in [0.1, 0.15) is 21.5 Å². The number of rotatable bonds is 3. The van der Waals surface area contributed by atoms with Crippen LogP contribution in [0.4, 0.5) is 0 Å². The van der Waals surface area contributed by atoms with Crippen molar-refractivity contribution in [2.45, 2.75) is 6.61 Å². The fraction of sp³-hybridized carbons (Fsp3) is 0.0714. The minimum Gasteiger partial charge on any atom is -0.457 e. The van der Waals surface area contributed by atoms with Gasteiger partial charge in [0.25, 0.3) is 0 Å². The Kier molecular flexibility index (Phi) is 3.67. The molecule has 0 fully saturated rings. The Morgan fingerprint density at radius 3 is 2.67 bits per heavy atom. The predicted molar refractivity (Wildman–Crippen MR) is 64.5 cm³/mol. The second-order valence-electron chi connectivity index (χ2n) is 3.63. The normalized spacial score (nSPS) is 9.50. The molecule has 0 aliphatic heterocycles. The molecule has 0 unspecified atom stereocenters. The molecular weight excluding hydrogens is 228 g/mol. The summed E-state index contributed by atoms with van der Waals surface area (Å²) in [6, 6.07) is 12.2. The molecule has 1 heterocycles. The van der Waals surface area contributed by atoms with E-state index in [1.165, 1.54) is 6.20 Å². The van der Waals surface area contributed by atoms with Gasteiger partial charge >= 0.3 is 5.97 Å². The first-order valence-electron chi connectivity index (χ1n) is 5.36. The van der Waals surface area contributed by atoms with Crippen LogP contribution in [-0.4, -0.2) is 11.0 Å². The maximum absolute atomic E-state index is 11.6. The van der Waals surface area contributed by atoms with Crippen LogP contribution < -0.4 is 0 Å². The highest BCUT2D eigenvalue weighted by molar-refractivity contribution is 5.88. The van der Waals surface area contributed by atoms with E-state index in [1.807, 2.05) is 6.07 Å². The number of pyridine rings is 1. The number of esters is 1. The molecule has 2 aromatic rings. The zero-order valence-corrected chi connectivity index (χ0v) is 9.54. The van der Waals surface area contributed by atoms with Gasteiger partial charge in [-0.1, -0.05) is 12.1 Å². The van der Waals surface area contributed by atoms with Crippen LogP contribution in [0.2, 0.25) is 0 Å². The molecule has 0 atom stereocenters. The van der Waals surface area contributed by atoms with Gasteiger partial charge in [0.15, 0.2) is 0 Å². The Hall–Kier alpha value is -2.67. The molecule has 4 heteroatoms. The molecule has 2 rings (SSSR count). The number of hydrogen-bond acceptors (Lipinski definition) is 4. The minimum absolute atomic E-state index is 0.180. The molecule has 0 saturated heterocycles. The number of carbonyl (C=O) groups excluding carboxylic acids is 1. The van der Waals surface area contributed by atoms with Crippen LogP contribution in [0.25, 0.3) is 0 Å². The number of hydrogen-bond donors (Lipinski definition) is 0. The summed E-state index contributed by atoms with van der Waals surface area (Å²) in [5.74, 6) is -0.410. The molecule has 0 N–H and O–H groups in total. The standard InChI is InChI=1S/C14H10N2O2/c15-8-11-3-5-12(6-4-11)10-18-14(17)13-2-1-7-16-9-13/h1-7,9H,10H2. The lowest BCUT2D eigenvalue weighted by Crippen LogP contribution is -2.05. The number of ether oxygens (including phenoxy) is 1. The monoisotopic (exact) mass is 238 g/mol. The molecule has 0 amide bonds. The second-order valence-corrected chi connectivity index (χ2v) is 3.63. The Morgan fingerprint density at radius 1 is 1.28 bits per heavy atom. The van der Waals surface area contributed by atoms with Crippen molar-refractivity contribution in [3.63, 3.8) is 0 Å². The van der Waals surface area contributed by atoms with Gasteiger partial charge in [-0.15, -0.1) is 0 Å². The first kappa shape index (κ1) is 11.8. The van der Waals surface area contributed by atoms with Gasteiger partial charge in [0, 0.05) is 12.4 Å². The van der Waals surface area contributed by atoms with Gasteiger partial charge in [-0.25, -0.2) is 4.79 Å². The SMILES string of the molecule is N#Cc1ccc(COC(=O)c2cccnc2)cc1. The fourth-order valence-electron chi connectivity index (χ4n) is 1.39. The highest BCUT2D eigenvalue weighted by Gasteiger charge is 2.06. The zero-order chi connectivity index (χ0) is 12.8. The minimum atomic E-state index is -0.410. The molecule has 0 saturated carbocycles. The van der Waals surface area contributed by atoms with E-state index in [4.69, 9.17) is 10.00 Å². The summed E-state index contributed by atoms with van der Waals surface area (Å²) in [6.07, 6.45) is 3.05. The number of nitrogens with zero attached hydrogens (tertiary/aromatic N) is 2. The molecule has 1 aromatic carbocycles. The lowest BCUT2D eigenvalue weighted by atomic mass is 10.1. The van der Waals surface area contributed by atoms with Crippen molar-refractivity contribution in [3.8, 4) is 6.07 Å². The summed E-state index contributed by atoms with van der Waals surface area (Å²) >= 11 is 0. The quantitative estimate of drug-likeness (QED) is 0.770. The van der Waals surface area contributed by atoms with Crippen LogP contribution in [0, 0.1) is 11.3 Å². The molecular formula is C14H10N2O2. The molecule has 18 heavy (non-hydrogen) atoms. The molecule has 0 bridgehead atoms. The second kappa shape index (κ2) is 5.60. The average Bonchev–Trinajstić information content (AvgIpc) is 2.46. The van der Waals surface area contributed by atoms with Crippen LogP contribution in [-0.2, 0) is 11.3 Å². The third kappa shape index (κ3) is 2.92. The Labute approximate surface area is 104 Å². The van der Waals surface area contributed by atoms with Crippen LogP contribution in [0.5, 0.6) is 0 Å². The summed E-state index contributed by atoms with van der Waals surface area (Å²) in [5, 5.41) is 8.65. The first-order valence-corrected chi connectivity index (χ1v) is 5.36. The molecule has 1 aromatic heterocycles. The molecule has 0 radical (unpaired) electrons. The van der Waals surface area contributed by atoms with Crippen molar-refractivity contribution in [1.29, 1.82) is 5.26 Å². The molecule has 0 aliphatic rings. The van der Waals surface area contributed by atoms with Crippen LogP contribution >= 0.6 is 0 Å². The molecule has 0 aliphatic carbocycles. The Balaban J connectivity index is 1.95. The fourth-order valence-corrected chi connectivity index (χ4v) is 1.39. The lowest BCUT2D eigenvalue weighted by molar-refractivity contribution is 0.0472. The summed E-state index contributed by atoms with van der Waals surface area (Å²) in [6.45, 7) is 0.180. The summed E-state index contributed by atoms with van der Waals surface area (Å²) < 4.78 is 5.13. The van der Waals surface area contributed by atoms with E-state index < -0.39 is 5.97 Å². The number of aromatic nitrogens is 1. The Morgan fingerprint density at radius 2 is 2.06 bits per heavy atom. The van der Waals surface area contributed by atoms with Gasteiger partial charge in [-0.05, 0) is 29.8 Å². The van der Waals surface area contributed by atoms with Gasteiger partial charge in [0.05, 0.1) is 17.2 Å². The summed E-state index contributed by atoms with van der Waals surface area (Å²) in [5.41, 5.74) is 1.84. The van der Waals surface area contributed by atoms with E-state index in [9.17, 15) is 4.79 Å². The first-order chi connectivity index (χ1) is 8.79. The van der Waals surface area contributed by atoms with E-state index in [-0.39, 0.29) is 6.61 Å². The smallest absolute Gasteiger partial charge is 0.340 e. The zero-order valence-electron chi connectivity index (χ0n) is 9.54. The van der Waals surface area contributed by atoms with Gasteiger partial charge in [0.2, 0.25) is 0 Å². The van der Waals surface area contributed by atoms with Crippen molar-refractivity contribution in [1.82, 2.24) is 4.98 Å². The number of nitriles is 1. The van der Waals surface area contributed by atoms with E-state index in [2.05, 4.69) is 4.98 Å². The van der Waals surface area contributed by atoms with E-state index >= 15 is 0 Å². The number of benzene rings is 1. The summed E-state index contributed by atoms with van der Waals surface area (Å²) in [7, 11) is 0. The lowest BCUT2D eigenvalue weighted by Gasteiger charge is -2.04. The predicted octanol–water partition coefficient (Wildman–Crippen LogP) is 2.31. The van der Waals surface area contributed by atoms with Gasteiger partial charge in [-0.3, -0.25) is 4.98 Å². The van der Waals surface area contributed by atoms with Gasteiger partial charge in [0.1, 0.15) is 6.61 Å². The summed E-state index contributed by atoms with van der Waals surface area (Å²) in [4.78, 5) is 15.5. The maximum Gasteiger partial charge on any atom is 0.340 e. The van der Waals surface area contributed by atoms with Crippen LogP contribution in [0.15, 0.2) is 48.8 Å². The van der Waals surface area contributed by atoms with E-state index in [0.717, 1.165) is 5.56 Å². The van der Waals surface area contributed by atoms with Crippen LogP contribution in [0.3, 0.4) is 0 Å². The molecule has 88 valence electrons. The average molecular weight is 238 g/mol. The number of carbonyl (C=O) groups is 1. The van der Waals surface area contributed by atoms with Crippen molar-refractivity contribution in [2.24, 2.45) is 0 Å². The van der Waals surface area contributed by atoms with E-state index in [1.54, 1.807) is 42.6 Å². The van der Waals surface area contributed by atoms with Crippen molar-refractivity contribution in [3.05, 3.63) is 65.5 Å². The Bertz CT molecular complexity index is 571. The van der Waals surface area contributed by atoms with Gasteiger partial charge < -0.3 is 4.74 Å². The largest absolute Gasteiger partial charge is 0.457 e. The third-order valence-corrected chi connectivity index (χ3v) is 2.35.